The molecule has 2 heterocycles. The van der Waals surface area contributed by atoms with Crippen molar-refractivity contribution in [3.8, 4) is 17.2 Å². The summed E-state index contributed by atoms with van der Waals surface area (Å²) >= 11 is 0. The molecule has 2 atom stereocenters. The fourth-order valence-corrected chi connectivity index (χ4v) is 3.57. The van der Waals surface area contributed by atoms with Crippen molar-refractivity contribution in [2.45, 2.75) is 24.9 Å². The summed E-state index contributed by atoms with van der Waals surface area (Å²) in [4.78, 5) is 15.3. The monoisotopic (exact) mass is 350 g/mol. The van der Waals surface area contributed by atoms with Crippen molar-refractivity contribution >= 4 is 5.91 Å². The van der Waals surface area contributed by atoms with Gasteiger partial charge in [-0.3, -0.25) is 9.69 Å². The molecule has 1 aromatic carbocycles. The fraction of sp³-hybridized carbons (Fsp3) is 0.611. The van der Waals surface area contributed by atoms with Gasteiger partial charge in [0.15, 0.2) is 11.5 Å². The first kappa shape index (κ1) is 17.8. The maximum atomic E-state index is 12.8. The van der Waals surface area contributed by atoms with Gasteiger partial charge < -0.3 is 24.3 Å². The summed E-state index contributed by atoms with van der Waals surface area (Å²) in [5, 5.41) is 3.10. The number of nitrogens with zero attached hydrogens (tertiary/aromatic N) is 1. The molecule has 1 N–H and O–H groups in total. The molecule has 25 heavy (non-hydrogen) atoms. The molecular weight excluding hydrogens is 324 g/mol. The second-order valence-electron chi connectivity index (χ2n) is 6.34. The summed E-state index contributed by atoms with van der Waals surface area (Å²) in [5.41, 5.74) is 0.423. The smallest absolute Gasteiger partial charge is 0.255 e. The quantitative estimate of drug-likeness (QED) is 0.834. The largest absolute Gasteiger partial charge is 0.496 e. The van der Waals surface area contributed by atoms with Crippen LogP contribution in [0.1, 0.15) is 23.2 Å². The Morgan fingerprint density at radius 1 is 1.04 bits per heavy atom. The minimum Gasteiger partial charge on any atom is -0.496 e. The zero-order chi connectivity index (χ0) is 17.8. The molecule has 1 amide bonds. The average molecular weight is 350 g/mol. The van der Waals surface area contributed by atoms with E-state index in [2.05, 4.69) is 10.2 Å². The minimum absolute atomic E-state index is 0.0246. The van der Waals surface area contributed by atoms with E-state index in [-0.39, 0.29) is 18.0 Å². The highest BCUT2D eigenvalue weighted by atomic mass is 16.5. The molecule has 7 heteroatoms. The molecule has 0 aliphatic carbocycles. The normalized spacial score (nSPS) is 23.5. The maximum Gasteiger partial charge on any atom is 0.255 e. The summed E-state index contributed by atoms with van der Waals surface area (Å²) < 4.78 is 21.6. The van der Waals surface area contributed by atoms with Crippen molar-refractivity contribution < 1.29 is 23.7 Å². The third-order valence-corrected chi connectivity index (χ3v) is 4.93. The van der Waals surface area contributed by atoms with Crippen LogP contribution in [0.2, 0.25) is 0 Å². The average Bonchev–Trinajstić information content (AvgIpc) is 3.31. The van der Waals surface area contributed by atoms with Crippen LogP contribution in [0.25, 0.3) is 0 Å². The predicted molar refractivity (Wildman–Crippen MR) is 92.8 cm³/mol. The molecule has 2 fully saturated rings. The number of amides is 1. The van der Waals surface area contributed by atoms with E-state index in [1.165, 1.54) is 20.0 Å². The van der Waals surface area contributed by atoms with Crippen LogP contribution in [0.15, 0.2) is 12.1 Å². The molecule has 7 nitrogen and oxygen atoms in total. The Balaban J connectivity index is 1.78. The van der Waals surface area contributed by atoms with Gasteiger partial charge in [-0.1, -0.05) is 0 Å². The number of hydrogen-bond acceptors (Lipinski definition) is 6. The molecule has 3 rings (SSSR count). The first-order chi connectivity index (χ1) is 12.2. The molecule has 0 radical (unpaired) electrons. The highest BCUT2D eigenvalue weighted by Crippen LogP contribution is 2.34. The van der Waals surface area contributed by atoms with E-state index in [1.54, 1.807) is 26.4 Å². The molecule has 2 aliphatic heterocycles. The minimum atomic E-state index is -0.197. The Morgan fingerprint density at radius 2 is 1.68 bits per heavy atom. The van der Waals surface area contributed by atoms with Gasteiger partial charge in [0.25, 0.3) is 5.91 Å². The van der Waals surface area contributed by atoms with Gasteiger partial charge in [-0.05, 0) is 25.9 Å². The lowest BCUT2D eigenvalue weighted by molar-refractivity contribution is 0.0913. The van der Waals surface area contributed by atoms with Crippen molar-refractivity contribution in [3.05, 3.63) is 17.7 Å². The number of nitrogens with one attached hydrogen (secondary N) is 1. The fourth-order valence-electron chi connectivity index (χ4n) is 3.57. The van der Waals surface area contributed by atoms with E-state index in [4.69, 9.17) is 18.9 Å². The van der Waals surface area contributed by atoms with Gasteiger partial charge in [0.2, 0.25) is 0 Å². The standard InChI is InChI=1S/C18H26N2O5/c1-22-15-9-17(24-3)16(23-2)8-12(15)18(21)19-13-10-25-11-14(13)20-6-4-5-7-20/h8-9,13-14H,4-7,10-11H2,1-3H3,(H,19,21)/t13-,14-/m1/s1. The molecule has 0 bridgehead atoms. The zero-order valence-electron chi connectivity index (χ0n) is 15.0. The van der Waals surface area contributed by atoms with Crippen molar-refractivity contribution in [3.63, 3.8) is 0 Å². The third-order valence-electron chi connectivity index (χ3n) is 4.93. The van der Waals surface area contributed by atoms with Gasteiger partial charge in [-0.2, -0.15) is 0 Å². The van der Waals surface area contributed by atoms with Crippen molar-refractivity contribution in [1.29, 1.82) is 0 Å². The van der Waals surface area contributed by atoms with Crippen molar-refractivity contribution in [2.75, 3.05) is 47.6 Å². The first-order valence-corrected chi connectivity index (χ1v) is 8.60. The summed E-state index contributed by atoms with van der Waals surface area (Å²) in [6.45, 7) is 3.33. The topological polar surface area (TPSA) is 69.3 Å². The summed E-state index contributed by atoms with van der Waals surface area (Å²) in [6, 6.07) is 3.52. The summed E-state index contributed by atoms with van der Waals surface area (Å²) in [6.07, 6.45) is 2.42. The van der Waals surface area contributed by atoms with Crippen molar-refractivity contribution in [1.82, 2.24) is 10.2 Å². The van der Waals surface area contributed by atoms with Crippen LogP contribution in [0.4, 0.5) is 0 Å². The number of benzene rings is 1. The van der Waals surface area contributed by atoms with Gasteiger partial charge in [0.05, 0.1) is 52.2 Å². The van der Waals surface area contributed by atoms with Gasteiger partial charge in [0.1, 0.15) is 5.75 Å². The number of rotatable bonds is 6. The van der Waals surface area contributed by atoms with Crippen molar-refractivity contribution in [2.24, 2.45) is 0 Å². The number of likely N-dealkylation sites (tertiary alicyclic amines) is 1. The SMILES string of the molecule is COc1cc(OC)c(C(=O)N[C@@H]2COC[C@H]2N2CCCC2)cc1OC. The number of carbonyl (C=O) groups is 1. The van der Waals surface area contributed by atoms with Crippen LogP contribution in [0.3, 0.4) is 0 Å². The molecule has 0 saturated carbocycles. The first-order valence-electron chi connectivity index (χ1n) is 8.60. The molecule has 138 valence electrons. The number of ether oxygens (including phenoxy) is 4. The van der Waals surface area contributed by atoms with Gasteiger partial charge in [-0.25, -0.2) is 0 Å². The Hall–Kier alpha value is -1.99. The van der Waals surface area contributed by atoms with Crippen LogP contribution in [-0.2, 0) is 4.74 Å². The Labute approximate surface area is 148 Å². The number of carbonyl (C=O) groups excluding carboxylic acids is 1. The lowest BCUT2D eigenvalue weighted by Crippen LogP contribution is -2.50. The van der Waals surface area contributed by atoms with Gasteiger partial charge in [0, 0.05) is 12.1 Å². The highest BCUT2D eigenvalue weighted by Gasteiger charge is 2.35. The lowest BCUT2D eigenvalue weighted by atomic mass is 10.1. The van der Waals surface area contributed by atoms with Crippen LogP contribution in [-0.4, -0.2) is 70.5 Å². The molecule has 2 aliphatic rings. The van der Waals surface area contributed by atoms with Crippen LogP contribution >= 0.6 is 0 Å². The molecule has 2 saturated heterocycles. The van der Waals surface area contributed by atoms with Gasteiger partial charge >= 0.3 is 0 Å². The molecule has 0 spiro atoms. The number of hydrogen-bond donors (Lipinski definition) is 1. The maximum absolute atomic E-state index is 12.8. The van der Waals surface area contributed by atoms with E-state index >= 15 is 0 Å². The number of methoxy groups -OCH3 is 3. The van der Waals surface area contributed by atoms with Gasteiger partial charge in [-0.15, -0.1) is 0 Å². The third kappa shape index (κ3) is 3.67. The highest BCUT2D eigenvalue weighted by molar-refractivity contribution is 5.98. The van der Waals surface area contributed by atoms with Crippen LogP contribution in [0, 0.1) is 0 Å². The van der Waals surface area contributed by atoms with E-state index in [1.807, 2.05) is 0 Å². The second-order valence-corrected chi connectivity index (χ2v) is 6.34. The lowest BCUT2D eigenvalue weighted by Gasteiger charge is -2.28. The Kier molecular flexibility index (Phi) is 5.65. The molecule has 0 aromatic heterocycles. The summed E-state index contributed by atoms with van der Waals surface area (Å²) in [7, 11) is 4.62. The Morgan fingerprint density at radius 3 is 2.32 bits per heavy atom. The second kappa shape index (κ2) is 7.93. The molecule has 1 aromatic rings. The van der Waals surface area contributed by atoms with Crippen LogP contribution < -0.4 is 19.5 Å². The molecular formula is C18H26N2O5. The van der Waals surface area contributed by atoms with E-state index in [0.29, 0.717) is 36.0 Å². The van der Waals surface area contributed by atoms with E-state index in [0.717, 1.165) is 13.1 Å². The summed E-state index contributed by atoms with van der Waals surface area (Å²) in [5.74, 6) is 1.27. The predicted octanol–water partition coefficient (Wildman–Crippen LogP) is 1.31. The van der Waals surface area contributed by atoms with E-state index in [9.17, 15) is 4.79 Å². The Bertz CT molecular complexity index is 616. The zero-order valence-corrected chi connectivity index (χ0v) is 15.0. The molecule has 0 unspecified atom stereocenters. The van der Waals surface area contributed by atoms with Crippen LogP contribution in [0.5, 0.6) is 17.2 Å². The van der Waals surface area contributed by atoms with E-state index < -0.39 is 0 Å².